The van der Waals surface area contributed by atoms with Crippen LogP contribution in [0.1, 0.15) is 41.8 Å². The second-order valence-corrected chi connectivity index (χ2v) is 8.76. The van der Waals surface area contributed by atoms with Gasteiger partial charge in [0, 0.05) is 19.1 Å². The average molecular weight is 358 g/mol. The van der Waals surface area contributed by atoms with Crippen molar-refractivity contribution in [3.05, 3.63) is 16.3 Å². The Morgan fingerprint density at radius 1 is 1.22 bits per heavy atom. The number of thiophene rings is 1. The van der Waals surface area contributed by atoms with E-state index in [9.17, 15) is 13.2 Å². The zero-order chi connectivity index (χ0) is 16.3. The minimum atomic E-state index is -3.63. The van der Waals surface area contributed by atoms with Gasteiger partial charge in [0.25, 0.3) is 5.91 Å². The van der Waals surface area contributed by atoms with Crippen LogP contribution in [0.3, 0.4) is 0 Å². The van der Waals surface area contributed by atoms with Crippen molar-refractivity contribution < 1.29 is 17.9 Å². The van der Waals surface area contributed by atoms with Gasteiger partial charge in [0.2, 0.25) is 10.0 Å². The van der Waals surface area contributed by atoms with E-state index in [1.165, 1.54) is 28.1 Å². The molecular formula is C15H22N2O4S2. The minimum absolute atomic E-state index is 0.123. The molecule has 1 aliphatic heterocycles. The van der Waals surface area contributed by atoms with E-state index >= 15 is 0 Å². The number of carbonyl (C=O) groups is 1. The number of ether oxygens (including phenoxy) is 1. The van der Waals surface area contributed by atoms with Crippen LogP contribution in [-0.2, 0) is 14.8 Å². The molecule has 1 aromatic heterocycles. The molecule has 1 saturated carbocycles. The predicted molar refractivity (Wildman–Crippen MR) is 88.2 cm³/mol. The number of hydrogen-bond acceptors (Lipinski definition) is 5. The fourth-order valence-corrected chi connectivity index (χ4v) is 5.80. The molecule has 2 heterocycles. The van der Waals surface area contributed by atoms with Crippen LogP contribution >= 0.6 is 11.3 Å². The second kappa shape index (κ2) is 7.29. The first-order valence-corrected chi connectivity index (χ1v) is 10.4. The molecule has 1 amide bonds. The van der Waals surface area contributed by atoms with Crippen molar-refractivity contribution in [1.29, 1.82) is 0 Å². The zero-order valence-corrected chi connectivity index (χ0v) is 14.6. The lowest BCUT2D eigenvalue weighted by Crippen LogP contribution is -2.41. The van der Waals surface area contributed by atoms with E-state index in [0.717, 1.165) is 25.7 Å². The predicted octanol–water partition coefficient (Wildman–Crippen LogP) is 1.83. The van der Waals surface area contributed by atoms with Gasteiger partial charge in [0.05, 0.1) is 13.2 Å². The van der Waals surface area contributed by atoms with Crippen LogP contribution in [0.4, 0.5) is 0 Å². The van der Waals surface area contributed by atoms with Gasteiger partial charge in [-0.1, -0.05) is 19.3 Å². The number of nitrogens with one attached hydrogen (secondary N) is 1. The number of amides is 1. The summed E-state index contributed by atoms with van der Waals surface area (Å²) in [6, 6.07) is 1.70. The summed E-state index contributed by atoms with van der Waals surface area (Å²) in [5.74, 6) is -0.265. The molecule has 1 aromatic rings. The Bertz CT molecular complexity index is 644. The largest absolute Gasteiger partial charge is 0.379 e. The lowest BCUT2D eigenvalue weighted by Gasteiger charge is -2.26. The molecule has 0 aromatic carbocycles. The Kier molecular flexibility index (Phi) is 5.35. The maximum atomic E-state index is 12.8. The summed E-state index contributed by atoms with van der Waals surface area (Å²) in [5, 5.41) is 4.67. The highest BCUT2D eigenvalue weighted by molar-refractivity contribution is 7.89. The molecule has 3 rings (SSSR count). The standard InChI is InChI=1S/C15H22N2O4S2/c18-15(16-12-4-2-1-3-5-12)14-13(6-11-22-14)23(19,20)17-7-9-21-10-8-17/h6,11-12H,1-5,7-10H2,(H,16,18). The number of nitrogens with zero attached hydrogens (tertiary/aromatic N) is 1. The molecule has 128 valence electrons. The number of rotatable bonds is 4. The Morgan fingerprint density at radius 3 is 2.61 bits per heavy atom. The van der Waals surface area contributed by atoms with Gasteiger partial charge in [0.15, 0.2) is 0 Å². The SMILES string of the molecule is O=C(NC1CCCCC1)c1sccc1S(=O)(=O)N1CCOCC1. The molecule has 0 spiro atoms. The van der Waals surface area contributed by atoms with Crippen LogP contribution in [0.25, 0.3) is 0 Å². The molecule has 1 N–H and O–H groups in total. The summed E-state index contributed by atoms with van der Waals surface area (Å²) in [7, 11) is -3.63. The lowest BCUT2D eigenvalue weighted by molar-refractivity contribution is 0.0730. The maximum absolute atomic E-state index is 12.8. The van der Waals surface area contributed by atoms with E-state index < -0.39 is 10.0 Å². The number of carbonyl (C=O) groups excluding carboxylic acids is 1. The first kappa shape index (κ1) is 16.9. The van der Waals surface area contributed by atoms with Gasteiger partial charge in [-0.25, -0.2) is 8.42 Å². The number of morpholine rings is 1. The third-order valence-electron chi connectivity index (χ3n) is 4.36. The molecule has 0 radical (unpaired) electrons. The first-order valence-electron chi connectivity index (χ1n) is 8.05. The maximum Gasteiger partial charge on any atom is 0.262 e. The van der Waals surface area contributed by atoms with Gasteiger partial charge in [-0.15, -0.1) is 11.3 Å². The van der Waals surface area contributed by atoms with E-state index in [4.69, 9.17) is 4.74 Å². The molecule has 1 aliphatic carbocycles. The molecule has 0 bridgehead atoms. The molecular weight excluding hydrogens is 336 g/mol. The summed E-state index contributed by atoms with van der Waals surface area (Å²) < 4.78 is 32.1. The monoisotopic (exact) mass is 358 g/mol. The van der Waals surface area contributed by atoms with Crippen LogP contribution in [0, 0.1) is 0 Å². The lowest BCUT2D eigenvalue weighted by atomic mass is 9.95. The first-order chi connectivity index (χ1) is 11.1. The van der Waals surface area contributed by atoms with Crippen molar-refractivity contribution in [2.75, 3.05) is 26.3 Å². The Morgan fingerprint density at radius 2 is 1.91 bits per heavy atom. The summed E-state index contributed by atoms with van der Waals surface area (Å²) in [5.41, 5.74) is 0. The highest BCUT2D eigenvalue weighted by Crippen LogP contribution is 2.26. The molecule has 2 fully saturated rings. The van der Waals surface area contributed by atoms with E-state index in [0.29, 0.717) is 31.2 Å². The van der Waals surface area contributed by atoms with Crippen LogP contribution < -0.4 is 5.32 Å². The van der Waals surface area contributed by atoms with Crippen molar-refractivity contribution >= 4 is 27.3 Å². The third-order valence-corrected chi connectivity index (χ3v) is 7.35. The van der Waals surface area contributed by atoms with Crippen molar-refractivity contribution in [1.82, 2.24) is 9.62 Å². The van der Waals surface area contributed by atoms with Crippen molar-refractivity contribution in [2.24, 2.45) is 0 Å². The van der Waals surface area contributed by atoms with Crippen LogP contribution in [0.2, 0.25) is 0 Å². The van der Waals surface area contributed by atoms with Gasteiger partial charge in [-0.2, -0.15) is 4.31 Å². The molecule has 8 heteroatoms. The van der Waals surface area contributed by atoms with Crippen molar-refractivity contribution in [3.63, 3.8) is 0 Å². The highest BCUT2D eigenvalue weighted by atomic mass is 32.2. The zero-order valence-electron chi connectivity index (χ0n) is 13.0. The molecule has 0 atom stereocenters. The Balaban J connectivity index is 1.76. The van der Waals surface area contributed by atoms with E-state index in [1.54, 1.807) is 5.38 Å². The van der Waals surface area contributed by atoms with Crippen LogP contribution in [-0.4, -0.2) is 51.0 Å². The van der Waals surface area contributed by atoms with E-state index in [-0.39, 0.29) is 16.8 Å². The fraction of sp³-hybridized carbons (Fsp3) is 0.667. The van der Waals surface area contributed by atoms with Crippen molar-refractivity contribution in [2.45, 2.75) is 43.0 Å². The smallest absolute Gasteiger partial charge is 0.262 e. The molecule has 1 saturated heterocycles. The number of sulfonamides is 1. The highest BCUT2D eigenvalue weighted by Gasteiger charge is 2.31. The fourth-order valence-electron chi connectivity index (χ4n) is 3.09. The summed E-state index contributed by atoms with van der Waals surface area (Å²) in [6.45, 7) is 1.46. The van der Waals surface area contributed by atoms with Gasteiger partial charge in [-0.3, -0.25) is 4.79 Å². The summed E-state index contributed by atoms with van der Waals surface area (Å²) in [6.07, 6.45) is 5.40. The number of hydrogen-bond donors (Lipinski definition) is 1. The van der Waals surface area contributed by atoms with Crippen LogP contribution in [0.5, 0.6) is 0 Å². The van der Waals surface area contributed by atoms with Gasteiger partial charge >= 0.3 is 0 Å². The van der Waals surface area contributed by atoms with E-state index in [1.807, 2.05) is 0 Å². The van der Waals surface area contributed by atoms with E-state index in [2.05, 4.69) is 5.32 Å². The summed E-state index contributed by atoms with van der Waals surface area (Å²) in [4.78, 5) is 12.9. The van der Waals surface area contributed by atoms with Gasteiger partial charge < -0.3 is 10.1 Å². The quantitative estimate of drug-likeness (QED) is 0.891. The molecule has 0 unspecified atom stereocenters. The van der Waals surface area contributed by atoms with Gasteiger partial charge in [-0.05, 0) is 24.3 Å². The molecule has 2 aliphatic rings. The second-order valence-electron chi connectivity index (χ2n) is 5.94. The minimum Gasteiger partial charge on any atom is -0.379 e. The summed E-state index contributed by atoms with van der Waals surface area (Å²) >= 11 is 1.19. The third kappa shape index (κ3) is 3.76. The molecule has 6 nitrogen and oxygen atoms in total. The van der Waals surface area contributed by atoms with Gasteiger partial charge in [0.1, 0.15) is 9.77 Å². The van der Waals surface area contributed by atoms with Crippen molar-refractivity contribution in [3.8, 4) is 0 Å². The average Bonchev–Trinajstić information content (AvgIpc) is 3.07. The normalized spacial score (nSPS) is 21.2. The Hall–Kier alpha value is -0.960. The topological polar surface area (TPSA) is 75.7 Å². The van der Waals surface area contributed by atoms with Crippen LogP contribution in [0.15, 0.2) is 16.3 Å². The Labute approximate surface area is 140 Å². The molecule has 23 heavy (non-hydrogen) atoms.